The quantitative estimate of drug-likeness (QED) is 0.0249. The molecule has 0 unspecified atom stereocenters. The molecule has 15 atom stereocenters. The van der Waals surface area contributed by atoms with E-state index in [0.717, 1.165) is 43.0 Å². The Morgan fingerprint density at radius 3 is 1.42 bits per heavy atom. The number of H-pyrrole nitrogens is 1. The number of carboxylic acid groups (broad SMARTS) is 1. The van der Waals surface area contributed by atoms with Crippen LogP contribution in [-0.4, -0.2) is 299 Å². The van der Waals surface area contributed by atoms with E-state index in [2.05, 4.69) is 102 Å². The van der Waals surface area contributed by atoms with Gasteiger partial charge in [0.25, 0.3) is 0 Å². The van der Waals surface area contributed by atoms with Crippen LogP contribution in [0.5, 0.6) is 5.75 Å². The van der Waals surface area contributed by atoms with Crippen LogP contribution in [0, 0.1) is 17.8 Å². The average molecular weight is 2000 g/mol. The maximum absolute atomic E-state index is 14.6. The summed E-state index contributed by atoms with van der Waals surface area (Å²) < 4.78 is 0. The molecule has 4 rings (SSSR count). The zero-order valence-electron chi connectivity index (χ0n) is 83.6. The van der Waals surface area contributed by atoms with Gasteiger partial charge in [-0.2, -0.15) is 0 Å². The number of rotatable bonds is 70. The first-order valence-corrected chi connectivity index (χ1v) is 49.4. The van der Waals surface area contributed by atoms with E-state index >= 15 is 0 Å². The van der Waals surface area contributed by atoms with Crippen LogP contribution in [0.3, 0.4) is 0 Å². The van der Waals surface area contributed by atoms with E-state index in [-0.39, 0.29) is 126 Å². The van der Waals surface area contributed by atoms with Crippen LogP contribution in [0.1, 0.15) is 228 Å². The number of phenols is 1. The Hall–Kier alpha value is -12.5. The van der Waals surface area contributed by atoms with Crippen molar-refractivity contribution in [2.45, 2.75) is 320 Å². The summed E-state index contributed by atoms with van der Waals surface area (Å²) in [5.74, 6) is -18.1. The molecule has 1 aromatic heterocycles. The second kappa shape index (κ2) is 65.5. The third kappa shape index (κ3) is 45.2. The van der Waals surface area contributed by atoms with E-state index in [1.54, 1.807) is 65.9 Å². The number of aromatic hydroxyl groups is 1. The second-order valence-corrected chi connectivity index (χ2v) is 37.3. The van der Waals surface area contributed by atoms with Crippen molar-refractivity contribution >= 4 is 123 Å². The van der Waals surface area contributed by atoms with Crippen LogP contribution in [0.2, 0.25) is 0 Å². The van der Waals surface area contributed by atoms with E-state index < -0.39 is 223 Å². The number of nitrogens with two attached hydrogens (primary N) is 4. The molecule has 1 aliphatic rings. The lowest BCUT2D eigenvalue weighted by atomic mass is 9.99. The maximum atomic E-state index is 14.6. The number of aliphatic carboxylic acids is 1. The molecule has 2 heterocycles. The largest absolute Gasteiger partial charge is 0.508 e. The number of phenolic OH excluding ortho intramolecular Hbond substituents is 1. The molecule has 46 heteroatoms. The number of likely N-dealkylation sites (N-methyl/N-ethyl adjacent to an activating group) is 1. The Balaban J connectivity index is 1.45. The van der Waals surface area contributed by atoms with Gasteiger partial charge in [0.05, 0.1) is 38.8 Å². The molecule has 2 aromatic carbocycles. The van der Waals surface area contributed by atoms with Crippen LogP contribution in [0.15, 0.2) is 54.7 Å². The highest BCUT2D eigenvalue weighted by Crippen LogP contribution is 2.23. The van der Waals surface area contributed by atoms with Gasteiger partial charge in [-0.3, -0.25) is 86.3 Å². The smallest absolute Gasteiger partial charge is 0.326 e. The van der Waals surface area contributed by atoms with Gasteiger partial charge in [-0.15, -0.1) is 0 Å². The van der Waals surface area contributed by atoms with Gasteiger partial charge in [0.2, 0.25) is 106 Å². The highest BCUT2D eigenvalue weighted by molar-refractivity contribution is 6.02. The lowest BCUT2D eigenvalue weighted by molar-refractivity contribution is -0.142. The molecule has 0 radical (unpaired) electrons. The number of unbranched alkanes of at least 4 members (excludes halogenated alkanes) is 8. The van der Waals surface area contributed by atoms with Crippen LogP contribution in [0.4, 0.5) is 0 Å². The summed E-state index contributed by atoms with van der Waals surface area (Å²) in [7, 11) is 1.52. The van der Waals surface area contributed by atoms with Crippen molar-refractivity contribution in [3.8, 4) is 5.75 Å². The number of aliphatic hydroxyl groups is 2. The average Bonchev–Trinajstić information content (AvgIpc) is 1.67. The van der Waals surface area contributed by atoms with Gasteiger partial charge >= 0.3 is 5.97 Å². The molecule has 18 amide bonds. The van der Waals surface area contributed by atoms with Crippen molar-refractivity contribution < 1.29 is 112 Å². The van der Waals surface area contributed by atoms with Crippen molar-refractivity contribution in [1.29, 1.82) is 0 Å². The fraction of sp³-hybridized carbons (Fsp3) is 0.656. The number of nitrogens with one attached hydrogen (secondary N) is 18. The number of aliphatic hydroxyl groups excluding tert-OH is 2. The van der Waals surface area contributed by atoms with Gasteiger partial charge in [-0.25, -0.2) is 4.79 Å². The predicted molar refractivity (Wildman–Crippen MR) is 527 cm³/mol. The van der Waals surface area contributed by atoms with Crippen LogP contribution < -0.4 is 113 Å². The lowest BCUT2D eigenvalue weighted by Gasteiger charge is -2.29. The summed E-state index contributed by atoms with van der Waals surface area (Å²) in [4.78, 5) is 268. The predicted octanol–water partition coefficient (Wildman–Crippen LogP) is -3.07. The number of carbonyl (C=O) groups excluding carboxylic acids is 18. The van der Waals surface area contributed by atoms with Crippen LogP contribution in [0.25, 0.3) is 10.9 Å². The minimum Gasteiger partial charge on any atom is -0.508 e. The Kier molecular flexibility index (Phi) is 56.2. The molecule has 46 nitrogen and oxygen atoms in total. The molecule has 0 bridgehead atoms. The minimum atomic E-state index is -1.90. The van der Waals surface area contributed by atoms with E-state index in [4.69, 9.17) is 22.9 Å². The number of likely N-dealkylation sites (tertiary alicyclic amines) is 1. The first-order chi connectivity index (χ1) is 67.5. The molecule has 3 aromatic rings. The van der Waals surface area contributed by atoms with Crippen molar-refractivity contribution in [2.24, 2.45) is 40.7 Å². The number of aromatic nitrogens is 1. The van der Waals surface area contributed by atoms with Crippen molar-refractivity contribution in [3.63, 3.8) is 0 Å². The normalized spacial score (nSPS) is 15.3. The third-order valence-electron chi connectivity index (χ3n) is 23.6. The highest BCUT2D eigenvalue weighted by Gasteiger charge is 2.41. The van der Waals surface area contributed by atoms with E-state index in [1.165, 1.54) is 50.1 Å². The van der Waals surface area contributed by atoms with Gasteiger partial charge in [-0.05, 0) is 203 Å². The van der Waals surface area contributed by atoms with Crippen molar-refractivity contribution in [2.75, 3.05) is 66.0 Å². The highest BCUT2D eigenvalue weighted by atomic mass is 16.4. The Labute approximate surface area is 829 Å². The van der Waals surface area contributed by atoms with Gasteiger partial charge in [-0.1, -0.05) is 104 Å². The summed E-state index contributed by atoms with van der Waals surface area (Å²) in [6, 6.07) is -7.76. The number of fused-ring (bicyclic) bond motifs is 1. The van der Waals surface area contributed by atoms with Crippen molar-refractivity contribution in [1.82, 2.24) is 100 Å². The number of nitrogens with zero attached hydrogens (tertiary/aromatic N) is 1. The van der Waals surface area contributed by atoms with Crippen LogP contribution >= 0.6 is 0 Å². The number of hydrogen-bond acceptors (Lipinski definition) is 26. The maximum Gasteiger partial charge on any atom is 0.326 e. The Bertz CT molecular complexity index is 4590. The summed E-state index contributed by atoms with van der Waals surface area (Å²) in [6.45, 7) is 13.1. The number of hydrogen-bond donors (Lipinski definition) is 26. The zero-order valence-corrected chi connectivity index (χ0v) is 83.6. The molecule has 142 heavy (non-hydrogen) atoms. The SMILES string of the molecule is CCCCCCCC(=O)NCCCC[C@H](NC(=O)[C@H](CCCCN)NC(=O)[C@H](CCCCN)NC(=O)[C@@H]1CCCN1C(=O)CNC(=O)[C@H](CC(C)C)NC(=O)[C@H](CC(C)C)NC(=O)[C@H](Cc1ccc(O)cc1)NC(=O)CNC(=O)[C@H](C)NC(=O)[C@H](CO)NC(=O)[C@H](CC(N)=O)NC(=O)[C@H](CC(C)C)NC(=O)[C@@H](NC(=O)[C@H](Cc1c[nH]c2ccccc12)NC(=O)CNC)[C@@H](C)O)C(=O)N[C@@H](CCCCN)C(=O)O. The number of carboxylic acids is 1. The van der Waals surface area contributed by atoms with E-state index in [0.29, 0.717) is 81.9 Å². The molecule has 1 fully saturated rings. The summed E-state index contributed by atoms with van der Waals surface area (Å²) in [5, 5.41) is 86.0. The molecule has 794 valence electrons. The molecule has 30 N–H and O–H groups in total. The van der Waals surface area contributed by atoms with Gasteiger partial charge in [0, 0.05) is 49.5 Å². The number of carbonyl (C=O) groups is 19. The fourth-order valence-electron chi connectivity index (χ4n) is 15.9. The number of benzene rings is 2. The summed E-state index contributed by atoms with van der Waals surface area (Å²) >= 11 is 0. The van der Waals surface area contributed by atoms with E-state index in [1.807, 2.05) is 6.07 Å². The Morgan fingerprint density at radius 1 is 0.444 bits per heavy atom. The molecular weight excluding hydrogens is 1840 g/mol. The molecule has 1 aliphatic heterocycles. The standard InChI is InChI=1S/C96H157N23O23/c1-11-12-13-14-15-34-78(124)102-42-25-21-31-66(87(132)112-68(96(141)142)32-20-24-41-99)110-85(130)65(29-18-22-39-97)109-86(131)67(30-19-23-40-98)111-94(139)76-33-26-43-119(76)81(127)53-105-84(129)69(44-55(2)3)113-88(133)70(45-56(4)5)114-90(135)72(47-60-35-37-62(122)38-36-60)107-80(126)52-104-83(128)58(8)106-93(138)75(54-120)117-91(136)74(49-77(100)123)115-89(134)71(46-57(6)7)116-95(140)82(59(9)121)118-92(137)73(108-79(125)51-101-10)48-61-50-103-64-28-17-16-27-63(61)64/h16-17,27-28,35-38,50,55-59,65-76,82,101,103,120-122H,11-15,18-26,29-34,39-49,51-54,97-99H2,1-10H3,(H2,100,123)(H,102,124)(H,104,128)(H,105,129)(H,106,138)(H,107,126)(H,108,125)(H,109,131)(H,110,130)(H,111,139)(H,112,132)(H,113,133)(H,114,135)(H,115,134)(H,116,140)(H,117,136)(H,118,137)(H,141,142)/t58-,59+,65-,66-,67-,68-,69-,70-,71-,72-,73-,74-,75-,76-,82-/m0/s1. The first kappa shape index (κ1) is 122. The number of aromatic amines is 1. The molecular formula is C96H157N23O23. The number of para-hydroxylation sites is 1. The molecule has 0 aliphatic carbocycles. The van der Waals surface area contributed by atoms with Gasteiger partial charge in [0.1, 0.15) is 90.3 Å². The second-order valence-electron chi connectivity index (χ2n) is 37.3. The molecule has 0 spiro atoms. The third-order valence-corrected chi connectivity index (χ3v) is 23.6. The summed E-state index contributed by atoms with van der Waals surface area (Å²) in [5.41, 5.74) is 24.7. The summed E-state index contributed by atoms with van der Waals surface area (Å²) in [6.07, 6.45) is 7.59. The minimum absolute atomic E-state index is 0.00354. The molecule has 0 saturated carbocycles. The number of primary amides is 1. The monoisotopic (exact) mass is 2000 g/mol. The fourth-order valence-corrected chi connectivity index (χ4v) is 15.9. The zero-order chi connectivity index (χ0) is 106. The van der Waals surface area contributed by atoms with Gasteiger partial charge in [0.15, 0.2) is 0 Å². The molecule has 1 saturated heterocycles. The number of amides is 18. The van der Waals surface area contributed by atoms with Gasteiger partial charge < -0.3 is 144 Å². The van der Waals surface area contributed by atoms with Crippen molar-refractivity contribution in [3.05, 3.63) is 65.9 Å². The van der Waals surface area contributed by atoms with Crippen LogP contribution in [-0.2, 0) is 104 Å². The Morgan fingerprint density at radius 2 is 0.894 bits per heavy atom. The lowest BCUT2D eigenvalue weighted by Crippen LogP contribution is -2.62. The van der Waals surface area contributed by atoms with E-state index in [9.17, 15) is 112 Å². The first-order valence-electron chi connectivity index (χ1n) is 49.4. The topological polar surface area (TPSA) is 733 Å².